The van der Waals surface area contributed by atoms with E-state index in [1.807, 2.05) is 6.26 Å². The number of rotatable bonds is 3. The zero-order valence-electron chi connectivity index (χ0n) is 9.59. The van der Waals surface area contributed by atoms with E-state index in [1.165, 1.54) is 37.4 Å². The summed E-state index contributed by atoms with van der Waals surface area (Å²) in [5, 5.41) is 4.71. The Labute approximate surface area is 105 Å². The summed E-state index contributed by atoms with van der Waals surface area (Å²) >= 11 is 7.46. The second-order valence-electron chi connectivity index (χ2n) is 4.46. The Morgan fingerprint density at radius 2 is 2.06 bits per heavy atom. The fourth-order valence-corrected chi connectivity index (χ4v) is 2.75. The lowest BCUT2D eigenvalue weighted by Crippen LogP contribution is -2.31. The van der Waals surface area contributed by atoms with Crippen molar-refractivity contribution in [2.75, 3.05) is 11.6 Å². The molecule has 0 unspecified atom stereocenters. The number of hydrogen-bond donors (Lipinski definition) is 1. The largest absolute Gasteiger partial charge is 0.365 e. The van der Waals surface area contributed by atoms with Gasteiger partial charge >= 0.3 is 0 Å². The van der Waals surface area contributed by atoms with Gasteiger partial charge in [0, 0.05) is 11.6 Å². The van der Waals surface area contributed by atoms with Gasteiger partial charge in [0.05, 0.1) is 0 Å². The number of nitrogens with one attached hydrogen (secondary N) is 1. The van der Waals surface area contributed by atoms with Crippen LogP contribution in [0.15, 0.2) is 11.2 Å². The van der Waals surface area contributed by atoms with Crippen molar-refractivity contribution in [2.45, 2.75) is 43.3 Å². The highest BCUT2D eigenvalue weighted by Crippen LogP contribution is 2.32. The van der Waals surface area contributed by atoms with Gasteiger partial charge in [-0.2, -0.15) is 0 Å². The number of anilines is 1. The normalized spacial score (nSPS) is 18.7. The van der Waals surface area contributed by atoms with Crippen LogP contribution < -0.4 is 5.32 Å². The molecule has 0 radical (unpaired) electrons. The molecule has 1 aromatic rings. The summed E-state index contributed by atoms with van der Waals surface area (Å²) in [5.41, 5.74) is 0.174. The Morgan fingerprint density at radius 1 is 1.38 bits per heavy atom. The van der Waals surface area contributed by atoms with Crippen molar-refractivity contribution in [3.8, 4) is 0 Å². The Bertz CT molecular complexity index is 377. The fourth-order valence-electron chi connectivity index (χ4n) is 2.14. The van der Waals surface area contributed by atoms with Gasteiger partial charge in [-0.25, -0.2) is 9.97 Å². The first kappa shape index (κ1) is 12.0. The van der Waals surface area contributed by atoms with Crippen molar-refractivity contribution < 1.29 is 0 Å². The fraction of sp³-hybridized carbons (Fsp3) is 0.636. The van der Waals surface area contributed by atoms with E-state index in [-0.39, 0.29) is 5.54 Å². The van der Waals surface area contributed by atoms with Gasteiger partial charge in [-0.1, -0.05) is 36.2 Å². The van der Waals surface area contributed by atoms with E-state index >= 15 is 0 Å². The first-order chi connectivity index (χ1) is 7.61. The van der Waals surface area contributed by atoms with Crippen LogP contribution in [0, 0.1) is 0 Å². The van der Waals surface area contributed by atoms with Crippen LogP contribution in [0.25, 0.3) is 0 Å². The van der Waals surface area contributed by atoms with Gasteiger partial charge in [0.25, 0.3) is 0 Å². The van der Waals surface area contributed by atoms with Crippen LogP contribution in [0.5, 0.6) is 0 Å². The average Bonchev–Trinajstić information content (AvgIpc) is 2.63. The minimum absolute atomic E-state index is 0.174. The number of aromatic nitrogens is 2. The molecule has 0 bridgehead atoms. The predicted octanol–water partition coefficient (Wildman–Crippen LogP) is 3.60. The van der Waals surface area contributed by atoms with Crippen LogP contribution in [0.2, 0.25) is 5.15 Å². The summed E-state index contributed by atoms with van der Waals surface area (Å²) in [4.78, 5) is 8.54. The number of hydrogen-bond acceptors (Lipinski definition) is 4. The number of thioether (sulfide) groups is 1. The Kier molecular flexibility index (Phi) is 3.60. The molecule has 0 amide bonds. The molecule has 0 saturated heterocycles. The van der Waals surface area contributed by atoms with Gasteiger partial charge in [-0.15, -0.1) is 0 Å². The van der Waals surface area contributed by atoms with Crippen LogP contribution in [0.3, 0.4) is 0 Å². The zero-order valence-corrected chi connectivity index (χ0v) is 11.2. The van der Waals surface area contributed by atoms with Gasteiger partial charge in [0.15, 0.2) is 5.16 Å². The van der Waals surface area contributed by atoms with E-state index in [9.17, 15) is 0 Å². The Morgan fingerprint density at radius 3 is 2.69 bits per heavy atom. The molecule has 3 nitrogen and oxygen atoms in total. The summed E-state index contributed by atoms with van der Waals surface area (Å²) in [6, 6.07) is 1.80. The zero-order chi connectivity index (χ0) is 11.6. The molecular weight excluding hydrogens is 242 g/mol. The maximum Gasteiger partial charge on any atom is 0.190 e. The molecule has 5 heteroatoms. The summed E-state index contributed by atoms with van der Waals surface area (Å²) in [6.45, 7) is 2.24. The van der Waals surface area contributed by atoms with Crippen molar-refractivity contribution in [1.82, 2.24) is 9.97 Å². The Hall–Kier alpha value is -0.480. The lowest BCUT2D eigenvalue weighted by Gasteiger charge is -2.26. The van der Waals surface area contributed by atoms with E-state index in [4.69, 9.17) is 11.6 Å². The third kappa shape index (κ3) is 2.80. The van der Waals surface area contributed by atoms with Gasteiger partial charge in [-0.3, -0.25) is 0 Å². The van der Waals surface area contributed by atoms with Crippen LogP contribution >= 0.6 is 23.4 Å². The monoisotopic (exact) mass is 257 g/mol. The first-order valence-corrected chi connectivity index (χ1v) is 7.08. The molecular formula is C11H16ClN3S. The quantitative estimate of drug-likeness (QED) is 0.510. The summed E-state index contributed by atoms with van der Waals surface area (Å²) in [7, 11) is 0. The molecule has 2 rings (SSSR count). The average molecular weight is 258 g/mol. The minimum atomic E-state index is 0.174. The van der Waals surface area contributed by atoms with Crippen LogP contribution in [0.1, 0.15) is 32.6 Å². The molecule has 0 atom stereocenters. The lowest BCUT2D eigenvalue weighted by atomic mass is 10.0. The van der Waals surface area contributed by atoms with Crippen LogP contribution in [0.4, 0.5) is 5.82 Å². The molecule has 0 aromatic carbocycles. The van der Waals surface area contributed by atoms with Crippen molar-refractivity contribution in [3.05, 3.63) is 11.2 Å². The highest BCUT2D eigenvalue weighted by Gasteiger charge is 2.28. The van der Waals surface area contributed by atoms with E-state index in [1.54, 1.807) is 6.07 Å². The topological polar surface area (TPSA) is 37.8 Å². The summed E-state index contributed by atoms with van der Waals surface area (Å²) in [5.74, 6) is 0.841. The maximum absolute atomic E-state index is 5.96. The molecule has 1 N–H and O–H groups in total. The van der Waals surface area contributed by atoms with E-state index in [0.717, 1.165) is 11.0 Å². The third-order valence-electron chi connectivity index (χ3n) is 2.99. The molecule has 1 fully saturated rings. The van der Waals surface area contributed by atoms with Crippen LogP contribution in [-0.4, -0.2) is 21.8 Å². The second-order valence-corrected chi connectivity index (χ2v) is 5.62. The summed E-state index contributed by atoms with van der Waals surface area (Å²) in [6.07, 6.45) is 6.93. The SMILES string of the molecule is CSc1nc(Cl)cc(NC2(C)CCCC2)n1. The molecule has 0 aliphatic heterocycles. The molecule has 0 spiro atoms. The van der Waals surface area contributed by atoms with Crippen LogP contribution in [-0.2, 0) is 0 Å². The predicted molar refractivity (Wildman–Crippen MR) is 69.3 cm³/mol. The molecule has 1 aliphatic carbocycles. The van der Waals surface area contributed by atoms with Crippen molar-refractivity contribution in [1.29, 1.82) is 0 Å². The summed E-state index contributed by atoms with van der Waals surface area (Å²) < 4.78 is 0. The molecule has 1 saturated carbocycles. The van der Waals surface area contributed by atoms with Gasteiger partial charge in [-0.05, 0) is 26.0 Å². The van der Waals surface area contributed by atoms with E-state index in [0.29, 0.717) is 5.15 Å². The molecule has 1 heterocycles. The molecule has 1 aromatic heterocycles. The minimum Gasteiger partial charge on any atom is -0.365 e. The first-order valence-electron chi connectivity index (χ1n) is 5.48. The molecule has 88 valence electrons. The smallest absolute Gasteiger partial charge is 0.190 e. The van der Waals surface area contributed by atoms with Gasteiger partial charge in [0.1, 0.15) is 11.0 Å². The lowest BCUT2D eigenvalue weighted by molar-refractivity contribution is 0.530. The van der Waals surface area contributed by atoms with Crippen molar-refractivity contribution in [3.63, 3.8) is 0 Å². The maximum atomic E-state index is 5.96. The number of nitrogens with zero attached hydrogens (tertiary/aromatic N) is 2. The highest BCUT2D eigenvalue weighted by atomic mass is 35.5. The Balaban J connectivity index is 2.17. The van der Waals surface area contributed by atoms with Crippen molar-refractivity contribution in [2.24, 2.45) is 0 Å². The highest BCUT2D eigenvalue weighted by molar-refractivity contribution is 7.98. The van der Waals surface area contributed by atoms with Gasteiger partial charge < -0.3 is 5.32 Å². The van der Waals surface area contributed by atoms with Crippen molar-refractivity contribution >= 4 is 29.2 Å². The standard InChI is InChI=1S/C11H16ClN3S/c1-11(5-3-4-6-11)15-9-7-8(12)13-10(14-9)16-2/h7H,3-6H2,1-2H3,(H,13,14,15). The second kappa shape index (κ2) is 4.80. The van der Waals surface area contributed by atoms with Gasteiger partial charge in [0.2, 0.25) is 0 Å². The molecule has 16 heavy (non-hydrogen) atoms. The van der Waals surface area contributed by atoms with E-state index in [2.05, 4.69) is 22.2 Å². The molecule has 1 aliphatic rings. The number of halogens is 1. The third-order valence-corrected chi connectivity index (χ3v) is 3.74. The van der Waals surface area contributed by atoms with E-state index < -0.39 is 0 Å².